The first-order chi connectivity index (χ1) is 17.1. The van der Waals surface area contributed by atoms with Crippen molar-refractivity contribution in [3.8, 4) is 0 Å². The number of thioether (sulfide) groups is 1. The normalized spacial score (nSPS) is 14.2. The summed E-state index contributed by atoms with van der Waals surface area (Å²) in [4.78, 5) is 67.5. The first-order valence-corrected chi connectivity index (χ1v) is 12.8. The van der Waals surface area contributed by atoms with Crippen molar-refractivity contribution in [1.29, 1.82) is 0 Å². The lowest BCUT2D eigenvalue weighted by Gasteiger charge is -2.25. The maximum atomic E-state index is 13.1. The number of imidazole rings is 1. The molecule has 1 aromatic heterocycles. The second-order valence-electron chi connectivity index (χ2n) is 8.07. The Morgan fingerprint density at radius 2 is 1.61 bits per heavy atom. The highest BCUT2D eigenvalue weighted by Crippen LogP contribution is 2.07. The molecule has 1 rings (SSSR count). The summed E-state index contributed by atoms with van der Waals surface area (Å²) >= 11 is 1.46. The maximum absolute atomic E-state index is 13.1. The van der Waals surface area contributed by atoms with Gasteiger partial charge in [0.1, 0.15) is 18.1 Å². The zero-order valence-electron chi connectivity index (χ0n) is 20.1. The minimum atomic E-state index is -1.67. The van der Waals surface area contributed by atoms with Crippen LogP contribution in [0.3, 0.4) is 0 Å². The number of unbranched alkanes of at least 4 members (excludes halogenated alkanes) is 1. The average molecular weight is 530 g/mol. The van der Waals surface area contributed by atoms with Crippen LogP contribution in [0.5, 0.6) is 0 Å². The van der Waals surface area contributed by atoms with Crippen molar-refractivity contribution >= 4 is 41.4 Å². The molecule has 10 N–H and O–H groups in total. The number of nitrogens with one attached hydrogen (secondary N) is 4. The first kappa shape index (κ1) is 30.9. The third-order valence-electron chi connectivity index (χ3n) is 5.15. The zero-order valence-corrected chi connectivity index (χ0v) is 20.9. The predicted octanol–water partition coefficient (Wildman–Crippen LogP) is -1.82. The Labute approximate surface area is 212 Å². The third kappa shape index (κ3) is 11.5. The van der Waals surface area contributed by atoms with Crippen molar-refractivity contribution in [2.45, 2.75) is 62.7 Å². The molecular formula is C21H35N7O7S. The molecule has 15 heteroatoms. The maximum Gasteiger partial charge on any atom is 0.326 e. The minimum absolute atomic E-state index is 0.136. The van der Waals surface area contributed by atoms with Crippen molar-refractivity contribution in [2.75, 3.05) is 18.6 Å². The summed E-state index contributed by atoms with van der Waals surface area (Å²) in [6.07, 6.45) is 5.55. The Morgan fingerprint density at radius 3 is 2.14 bits per heavy atom. The minimum Gasteiger partial charge on any atom is -0.481 e. The quantitative estimate of drug-likeness (QED) is 0.0983. The van der Waals surface area contributed by atoms with Gasteiger partial charge in [-0.05, 0) is 44.2 Å². The molecule has 0 aliphatic carbocycles. The molecule has 1 heterocycles. The molecule has 202 valence electrons. The Hall–Kier alpha value is -3.17. The molecular weight excluding hydrogens is 494 g/mol. The summed E-state index contributed by atoms with van der Waals surface area (Å²) in [6.45, 7) is 0.347. The van der Waals surface area contributed by atoms with Gasteiger partial charge in [0.25, 0.3) is 0 Å². The lowest BCUT2D eigenvalue weighted by Crippen LogP contribution is -2.57. The molecule has 0 aliphatic heterocycles. The number of aliphatic carboxylic acids is 2. The molecule has 0 radical (unpaired) electrons. The van der Waals surface area contributed by atoms with Gasteiger partial charge in [-0.1, -0.05) is 0 Å². The topological polar surface area (TPSA) is 243 Å². The van der Waals surface area contributed by atoms with E-state index >= 15 is 0 Å². The molecule has 14 nitrogen and oxygen atoms in total. The van der Waals surface area contributed by atoms with Crippen LogP contribution in [-0.2, 0) is 30.4 Å². The molecule has 4 atom stereocenters. The zero-order chi connectivity index (χ0) is 27.1. The number of nitrogens with two attached hydrogens (primary N) is 2. The van der Waals surface area contributed by atoms with E-state index in [-0.39, 0.29) is 19.3 Å². The SMILES string of the molecule is CSCCC(NC(=O)C(N)Cc1cnc[nH]1)C(=O)NC(CCCCN)C(=O)NC(CC(=O)O)C(=O)O. The van der Waals surface area contributed by atoms with Gasteiger partial charge < -0.3 is 42.6 Å². The van der Waals surface area contributed by atoms with Crippen molar-refractivity contribution < 1.29 is 34.2 Å². The number of H-pyrrole nitrogens is 1. The highest BCUT2D eigenvalue weighted by Gasteiger charge is 2.31. The molecule has 1 aromatic rings. The number of carboxylic acids is 2. The standard InChI is InChI=1S/C21H35N7O7S/c1-36-7-5-15(26-18(31)13(23)8-12-10-24-11-25-12)20(33)27-14(4-2-3-6-22)19(32)28-16(21(34)35)9-17(29)30/h10-11,13-16H,2-9,22-23H2,1H3,(H,24,25)(H,26,31)(H,27,33)(H,28,32)(H,29,30)(H,34,35). The molecule has 0 fully saturated rings. The summed E-state index contributed by atoms with van der Waals surface area (Å²) in [7, 11) is 0. The van der Waals surface area contributed by atoms with Gasteiger partial charge in [-0.15, -0.1) is 0 Å². The number of nitrogens with zero attached hydrogens (tertiary/aromatic N) is 1. The second kappa shape index (κ2) is 16.5. The number of hydrogen-bond acceptors (Lipinski definition) is 9. The fraction of sp³-hybridized carbons (Fsp3) is 0.619. The van der Waals surface area contributed by atoms with Crippen LogP contribution in [0.25, 0.3) is 0 Å². The highest BCUT2D eigenvalue weighted by molar-refractivity contribution is 7.98. The van der Waals surface area contributed by atoms with E-state index in [9.17, 15) is 29.1 Å². The number of aromatic nitrogens is 2. The third-order valence-corrected chi connectivity index (χ3v) is 5.79. The van der Waals surface area contributed by atoms with Crippen LogP contribution in [0.4, 0.5) is 0 Å². The molecule has 0 saturated heterocycles. The second-order valence-corrected chi connectivity index (χ2v) is 9.06. The van der Waals surface area contributed by atoms with E-state index in [1.165, 1.54) is 24.3 Å². The Morgan fingerprint density at radius 1 is 1.00 bits per heavy atom. The van der Waals surface area contributed by atoms with E-state index in [0.717, 1.165) is 0 Å². The number of amides is 3. The highest BCUT2D eigenvalue weighted by atomic mass is 32.2. The Bertz CT molecular complexity index is 869. The summed E-state index contributed by atoms with van der Waals surface area (Å²) in [5.74, 6) is -4.46. The number of aromatic amines is 1. The van der Waals surface area contributed by atoms with Crippen molar-refractivity contribution in [1.82, 2.24) is 25.9 Å². The predicted molar refractivity (Wildman–Crippen MR) is 132 cm³/mol. The number of rotatable bonds is 18. The van der Waals surface area contributed by atoms with Gasteiger partial charge in [-0.25, -0.2) is 9.78 Å². The molecule has 0 bridgehead atoms. The molecule has 4 unspecified atom stereocenters. The van der Waals surface area contributed by atoms with Crippen LogP contribution in [-0.4, -0.2) is 92.6 Å². The van der Waals surface area contributed by atoms with Crippen LogP contribution >= 0.6 is 11.8 Å². The van der Waals surface area contributed by atoms with Gasteiger partial charge in [-0.3, -0.25) is 19.2 Å². The number of carbonyl (C=O) groups is 5. The summed E-state index contributed by atoms with van der Waals surface area (Å²) in [6, 6.07) is -4.79. The molecule has 3 amide bonds. The fourth-order valence-electron chi connectivity index (χ4n) is 3.19. The lowest BCUT2D eigenvalue weighted by atomic mass is 10.1. The van der Waals surface area contributed by atoms with Crippen LogP contribution in [0.2, 0.25) is 0 Å². The van der Waals surface area contributed by atoms with Crippen molar-refractivity contribution in [3.63, 3.8) is 0 Å². The van der Waals surface area contributed by atoms with E-state index < -0.39 is 60.2 Å². The molecule has 0 aliphatic rings. The number of hydrogen-bond donors (Lipinski definition) is 8. The van der Waals surface area contributed by atoms with Crippen LogP contribution in [0.1, 0.15) is 37.8 Å². The summed E-state index contributed by atoms with van der Waals surface area (Å²) in [5.41, 5.74) is 12.1. The van der Waals surface area contributed by atoms with Crippen molar-refractivity contribution in [2.24, 2.45) is 11.5 Å². The van der Waals surface area contributed by atoms with Gasteiger partial charge in [-0.2, -0.15) is 11.8 Å². The molecule has 0 spiro atoms. The van der Waals surface area contributed by atoms with E-state index in [0.29, 0.717) is 30.8 Å². The molecule has 36 heavy (non-hydrogen) atoms. The molecule has 0 aromatic carbocycles. The van der Waals surface area contributed by atoms with E-state index in [1.54, 1.807) is 0 Å². The molecule has 0 saturated carbocycles. The van der Waals surface area contributed by atoms with Gasteiger partial charge in [0, 0.05) is 18.3 Å². The van der Waals surface area contributed by atoms with Gasteiger partial charge in [0.05, 0.1) is 18.8 Å². The lowest BCUT2D eigenvalue weighted by molar-refractivity contribution is -0.147. The van der Waals surface area contributed by atoms with Gasteiger partial charge >= 0.3 is 11.9 Å². The Kier molecular flexibility index (Phi) is 14.1. The summed E-state index contributed by atoms with van der Waals surface area (Å²) in [5, 5.41) is 25.5. The van der Waals surface area contributed by atoms with E-state index in [4.69, 9.17) is 16.6 Å². The first-order valence-electron chi connectivity index (χ1n) is 11.4. The monoisotopic (exact) mass is 529 g/mol. The fourth-order valence-corrected chi connectivity index (χ4v) is 3.66. The van der Waals surface area contributed by atoms with Crippen LogP contribution in [0.15, 0.2) is 12.5 Å². The smallest absolute Gasteiger partial charge is 0.326 e. The van der Waals surface area contributed by atoms with E-state index in [1.807, 2.05) is 6.26 Å². The van der Waals surface area contributed by atoms with Gasteiger partial charge in [0.15, 0.2) is 0 Å². The number of carboxylic acid groups (broad SMARTS) is 2. The Balaban J connectivity index is 2.93. The average Bonchev–Trinajstić information content (AvgIpc) is 3.33. The van der Waals surface area contributed by atoms with Crippen LogP contribution in [0, 0.1) is 0 Å². The van der Waals surface area contributed by atoms with E-state index in [2.05, 4.69) is 25.9 Å². The largest absolute Gasteiger partial charge is 0.481 e. The van der Waals surface area contributed by atoms with Crippen molar-refractivity contribution in [3.05, 3.63) is 18.2 Å². The van der Waals surface area contributed by atoms with Gasteiger partial charge in [0.2, 0.25) is 17.7 Å². The summed E-state index contributed by atoms with van der Waals surface area (Å²) < 4.78 is 0. The number of carbonyl (C=O) groups excluding carboxylic acids is 3. The van der Waals surface area contributed by atoms with Crippen LogP contribution < -0.4 is 27.4 Å².